The Bertz CT molecular complexity index is 925. The molecule has 0 saturated heterocycles. The normalized spacial score (nSPS) is 11.0. The van der Waals surface area contributed by atoms with E-state index in [0.29, 0.717) is 0 Å². The van der Waals surface area contributed by atoms with Gasteiger partial charge >= 0.3 is 0 Å². The van der Waals surface area contributed by atoms with Crippen molar-refractivity contribution >= 4 is 22.4 Å². The summed E-state index contributed by atoms with van der Waals surface area (Å²) in [4.78, 5) is 7.74. The van der Waals surface area contributed by atoms with Crippen LogP contribution in [-0.4, -0.2) is 17.1 Å². The molecule has 4 aromatic rings. The summed E-state index contributed by atoms with van der Waals surface area (Å²) in [5.41, 5.74) is 5.48. The topological polar surface area (TPSA) is 37.9 Å². The van der Waals surface area contributed by atoms with Crippen molar-refractivity contribution in [3.05, 3.63) is 59.6 Å². The molecule has 3 aromatic heterocycles. The van der Waals surface area contributed by atoms with Gasteiger partial charge in [0.2, 0.25) is 0 Å². The van der Waals surface area contributed by atoms with Crippen LogP contribution in [0.4, 0.5) is 0 Å². The van der Waals surface area contributed by atoms with Crippen molar-refractivity contribution in [2.45, 2.75) is 0 Å². The van der Waals surface area contributed by atoms with Crippen LogP contribution in [0.5, 0.6) is 5.75 Å². The molecule has 3 nitrogen and oxygen atoms in total. The van der Waals surface area contributed by atoms with Crippen LogP contribution in [0.2, 0.25) is 0 Å². The van der Waals surface area contributed by atoms with Crippen molar-refractivity contribution < 1.29 is 4.74 Å². The number of rotatable bonds is 3. The van der Waals surface area contributed by atoms with Crippen molar-refractivity contribution in [2.24, 2.45) is 0 Å². The fraction of sp³-hybridized carbons (Fsp3) is 0.0556. The van der Waals surface area contributed by atoms with E-state index in [4.69, 9.17) is 4.74 Å². The van der Waals surface area contributed by atoms with E-state index in [1.54, 1.807) is 18.4 Å². The van der Waals surface area contributed by atoms with Gasteiger partial charge < -0.3 is 9.72 Å². The number of pyridine rings is 1. The second-order valence-electron chi connectivity index (χ2n) is 5.00. The number of hydrogen-bond donors (Lipinski definition) is 1. The number of aromatic amines is 1. The van der Waals surface area contributed by atoms with Crippen molar-refractivity contribution in [1.82, 2.24) is 9.97 Å². The lowest BCUT2D eigenvalue weighted by atomic mass is 9.99. The first kappa shape index (κ1) is 13.1. The number of aromatic nitrogens is 2. The summed E-state index contributed by atoms with van der Waals surface area (Å²) in [6, 6.07) is 12.3. The first-order valence-corrected chi connectivity index (χ1v) is 7.95. The number of para-hydroxylation sites is 1. The Balaban J connectivity index is 2.04. The van der Waals surface area contributed by atoms with E-state index < -0.39 is 0 Å². The molecule has 0 spiro atoms. The van der Waals surface area contributed by atoms with Gasteiger partial charge in [-0.3, -0.25) is 0 Å². The molecule has 0 bridgehead atoms. The van der Waals surface area contributed by atoms with Gasteiger partial charge in [-0.05, 0) is 40.1 Å². The molecule has 0 aliphatic carbocycles. The van der Waals surface area contributed by atoms with Gasteiger partial charge in [0, 0.05) is 28.9 Å². The number of nitrogens with zero attached hydrogens (tertiary/aromatic N) is 1. The fourth-order valence-electron chi connectivity index (χ4n) is 2.79. The summed E-state index contributed by atoms with van der Waals surface area (Å²) in [5, 5.41) is 5.38. The van der Waals surface area contributed by atoms with Gasteiger partial charge in [0.25, 0.3) is 0 Å². The quantitative estimate of drug-likeness (QED) is 0.580. The molecule has 4 rings (SSSR count). The zero-order valence-corrected chi connectivity index (χ0v) is 12.9. The average molecular weight is 306 g/mol. The van der Waals surface area contributed by atoms with Crippen LogP contribution in [0.15, 0.2) is 59.6 Å². The molecule has 1 aromatic carbocycles. The summed E-state index contributed by atoms with van der Waals surface area (Å²) >= 11 is 1.70. The largest absolute Gasteiger partial charge is 0.496 e. The lowest BCUT2D eigenvalue weighted by molar-refractivity contribution is 0.416. The van der Waals surface area contributed by atoms with Crippen LogP contribution in [0.3, 0.4) is 0 Å². The van der Waals surface area contributed by atoms with Gasteiger partial charge in [0.15, 0.2) is 0 Å². The van der Waals surface area contributed by atoms with Gasteiger partial charge in [-0.15, -0.1) is 0 Å². The van der Waals surface area contributed by atoms with Crippen molar-refractivity contribution in [2.75, 3.05) is 7.11 Å². The number of hydrogen-bond acceptors (Lipinski definition) is 3. The molecule has 22 heavy (non-hydrogen) atoms. The molecule has 0 amide bonds. The third-order valence-electron chi connectivity index (χ3n) is 3.80. The Morgan fingerprint density at radius 3 is 2.77 bits per heavy atom. The highest BCUT2D eigenvalue weighted by Crippen LogP contribution is 2.39. The molecule has 4 heteroatoms. The second-order valence-corrected chi connectivity index (χ2v) is 5.78. The monoisotopic (exact) mass is 306 g/mol. The molecule has 0 aliphatic heterocycles. The van der Waals surface area contributed by atoms with E-state index in [-0.39, 0.29) is 0 Å². The standard InChI is InChI=1S/C18H14N2OS/c1-21-16-5-3-2-4-14(16)15-10-20-18-17(15)13(6-8-19-18)12-7-9-22-11-12/h2-11H,1H3,(H,19,20). The summed E-state index contributed by atoms with van der Waals surface area (Å²) in [7, 11) is 1.70. The van der Waals surface area contributed by atoms with Crippen LogP contribution in [0, 0.1) is 0 Å². The van der Waals surface area contributed by atoms with Crippen molar-refractivity contribution in [1.29, 1.82) is 0 Å². The smallest absolute Gasteiger partial charge is 0.138 e. The van der Waals surface area contributed by atoms with Gasteiger partial charge in [0.05, 0.1) is 7.11 Å². The first-order chi connectivity index (χ1) is 10.9. The number of benzene rings is 1. The molecule has 108 valence electrons. The maximum absolute atomic E-state index is 5.52. The summed E-state index contributed by atoms with van der Waals surface area (Å²) in [6.45, 7) is 0. The molecule has 3 heterocycles. The van der Waals surface area contributed by atoms with Crippen LogP contribution in [-0.2, 0) is 0 Å². The number of ether oxygens (including phenoxy) is 1. The SMILES string of the molecule is COc1ccccc1-c1c[nH]c2nccc(-c3ccsc3)c12. The van der Waals surface area contributed by atoms with Gasteiger partial charge in [-0.1, -0.05) is 18.2 Å². The molecule has 0 atom stereocenters. The Labute approximate surface area is 132 Å². The van der Waals surface area contributed by atoms with Crippen LogP contribution < -0.4 is 4.74 Å². The third kappa shape index (κ3) is 2.00. The molecular weight excluding hydrogens is 292 g/mol. The number of thiophene rings is 1. The van der Waals surface area contributed by atoms with Crippen LogP contribution in [0.25, 0.3) is 33.3 Å². The highest BCUT2D eigenvalue weighted by atomic mass is 32.1. The number of methoxy groups -OCH3 is 1. The number of fused-ring (bicyclic) bond motifs is 1. The lowest BCUT2D eigenvalue weighted by Crippen LogP contribution is -1.87. The van der Waals surface area contributed by atoms with E-state index >= 15 is 0 Å². The van der Waals surface area contributed by atoms with E-state index in [0.717, 1.165) is 27.9 Å². The van der Waals surface area contributed by atoms with E-state index in [1.807, 2.05) is 30.6 Å². The number of H-pyrrole nitrogens is 1. The lowest BCUT2D eigenvalue weighted by Gasteiger charge is -2.09. The highest BCUT2D eigenvalue weighted by Gasteiger charge is 2.15. The molecule has 0 unspecified atom stereocenters. The number of nitrogens with one attached hydrogen (secondary N) is 1. The molecule has 0 radical (unpaired) electrons. The van der Waals surface area contributed by atoms with Crippen molar-refractivity contribution in [3.63, 3.8) is 0 Å². The van der Waals surface area contributed by atoms with Gasteiger partial charge in [0.1, 0.15) is 11.4 Å². The zero-order valence-electron chi connectivity index (χ0n) is 12.0. The predicted molar refractivity (Wildman–Crippen MR) is 91.4 cm³/mol. The summed E-state index contributed by atoms with van der Waals surface area (Å²) < 4.78 is 5.52. The minimum Gasteiger partial charge on any atom is -0.496 e. The molecule has 0 fully saturated rings. The predicted octanol–water partition coefficient (Wildman–Crippen LogP) is 4.97. The van der Waals surface area contributed by atoms with E-state index in [1.165, 1.54) is 11.1 Å². The van der Waals surface area contributed by atoms with E-state index in [9.17, 15) is 0 Å². The Kier molecular flexibility index (Phi) is 3.16. The summed E-state index contributed by atoms with van der Waals surface area (Å²) in [6.07, 6.45) is 3.85. The Hall–Kier alpha value is -2.59. The fourth-order valence-corrected chi connectivity index (χ4v) is 3.45. The maximum Gasteiger partial charge on any atom is 0.138 e. The van der Waals surface area contributed by atoms with E-state index in [2.05, 4.69) is 38.9 Å². The minimum absolute atomic E-state index is 0.864. The second kappa shape index (κ2) is 5.31. The van der Waals surface area contributed by atoms with Gasteiger partial charge in [-0.25, -0.2) is 4.98 Å². The molecule has 1 N–H and O–H groups in total. The molecule has 0 saturated carbocycles. The zero-order chi connectivity index (χ0) is 14.9. The van der Waals surface area contributed by atoms with Crippen LogP contribution in [0.1, 0.15) is 0 Å². The Morgan fingerprint density at radius 1 is 1.05 bits per heavy atom. The third-order valence-corrected chi connectivity index (χ3v) is 4.49. The van der Waals surface area contributed by atoms with Crippen LogP contribution >= 0.6 is 11.3 Å². The Morgan fingerprint density at radius 2 is 1.95 bits per heavy atom. The summed E-state index contributed by atoms with van der Waals surface area (Å²) in [5.74, 6) is 0.864. The minimum atomic E-state index is 0.864. The average Bonchev–Trinajstić information content (AvgIpc) is 3.24. The molecule has 0 aliphatic rings. The highest BCUT2D eigenvalue weighted by molar-refractivity contribution is 7.08. The first-order valence-electron chi connectivity index (χ1n) is 7.00. The van der Waals surface area contributed by atoms with Crippen molar-refractivity contribution in [3.8, 4) is 28.0 Å². The maximum atomic E-state index is 5.52. The molecular formula is C18H14N2OS. The van der Waals surface area contributed by atoms with Gasteiger partial charge in [-0.2, -0.15) is 11.3 Å².